The molecule has 3 aromatic rings. The van der Waals surface area contributed by atoms with Gasteiger partial charge in [0, 0.05) is 28.7 Å². The normalized spacial score (nSPS) is 13.4. The van der Waals surface area contributed by atoms with Crippen LogP contribution in [-0.4, -0.2) is 32.5 Å². The Hall–Kier alpha value is -2.66. The molecule has 1 heterocycles. The van der Waals surface area contributed by atoms with Gasteiger partial charge in [0.2, 0.25) is 0 Å². The van der Waals surface area contributed by atoms with E-state index < -0.39 is 30.0 Å². The Morgan fingerprint density at radius 1 is 0.821 bits per heavy atom. The van der Waals surface area contributed by atoms with E-state index in [0.29, 0.717) is 0 Å². The number of nitrogen functional groups attached to an aromatic ring is 1. The van der Waals surface area contributed by atoms with E-state index in [1.54, 1.807) is 0 Å². The fraction of sp³-hybridized carbons (Fsp3) is 0.111. The summed E-state index contributed by atoms with van der Waals surface area (Å²) in [4.78, 5) is -0.823. The molecule has 4 rings (SSSR count). The maximum Gasteiger partial charge on any atom is 0.295 e. The summed E-state index contributed by atoms with van der Waals surface area (Å²) in [7, 11) is -8.94. The molecule has 3 aromatic carbocycles. The zero-order chi connectivity index (χ0) is 20.5. The number of nitrogens with two attached hydrogens (primary N) is 1. The van der Waals surface area contributed by atoms with Crippen LogP contribution in [0.2, 0.25) is 0 Å². The van der Waals surface area contributed by atoms with Crippen LogP contribution in [0.4, 0.5) is 11.4 Å². The van der Waals surface area contributed by atoms with E-state index in [1.165, 1.54) is 35.5 Å². The van der Waals surface area contributed by atoms with E-state index in [9.17, 15) is 16.8 Å². The number of rotatable bonds is 2. The minimum Gasteiger partial charge on any atom is -0.399 e. The monoisotopic (exact) mass is 422 g/mol. The molecule has 0 aliphatic carbocycles. The number of benzene rings is 3. The van der Waals surface area contributed by atoms with Crippen LogP contribution in [0.5, 0.6) is 0 Å². The molecule has 0 aromatic heterocycles. The average Bonchev–Trinajstić information content (AvgIpc) is 3.07. The highest BCUT2D eigenvalue weighted by Gasteiger charge is 2.19. The van der Waals surface area contributed by atoms with Crippen molar-refractivity contribution in [3.63, 3.8) is 0 Å². The van der Waals surface area contributed by atoms with E-state index in [-0.39, 0.29) is 10.8 Å². The van der Waals surface area contributed by atoms with Crippen molar-refractivity contribution in [2.24, 2.45) is 0 Å². The molecule has 0 atom stereocenters. The van der Waals surface area contributed by atoms with E-state index in [2.05, 4.69) is 5.32 Å². The van der Waals surface area contributed by atoms with Crippen LogP contribution in [0.15, 0.2) is 64.4 Å². The second-order valence-corrected chi connectivity index (χ2v) is 8.93. The molecule has 0 saturated heterocycles. The molecule has 10 heteroatoms. The number of nitrogens with one attached hydrogen (secondary N) is 1. The van der Waals surface area contributed by atoms with Crippen molar-refractivity contribution >= 4 is 42.4 Å². The summed E-state index contributed by atoms with van der Waals surface area (Å²) in [5.41, 5.74) is 9.06. The fourth-order valence-corrected chi connectivity index (χ4v) is 4.44. The van der Waals surface area contributed by atoms with Crippen LogP contribution in [0.25, 0.3) is 10.8 Å². The third-order valence-corrected chi connectivity index (χ3v) is 6.06. The summed E-state index contributed by atoms with van der Waals surface area (Å²) >= 11 is 0. The number of hydrogen-bond acceptors (Lipinski definition) is 6. The molecule has 0 bridgehead atoms. The van der Waals surface area contributed by atoms with Crippen molar-refractivity contribution in [1.82, 2.24) is 0 Å². The highest BCUT2D eigenvalue weighted by atomic mass is 32.2. The third-order valence-electron chi connectivity index (χ3n) is 4.24. The summed E-state index contributed by atoms with van der Waals surface area (Å²) in [5.74, 6) is 0. The first-order valence-corrected chi connectivity index (χ1v) is 11.0. The van der Waals surface area contributed by atoms with Crippen molar-refractivity contribution in [3.8, 4) is 0 Å². The van der Waals surface area contributed by atoms with Crippen molar-refractivity contribution in [2.75, 3.05) is 17.6 Å². The van der Waals surface area contributed by atoms with Crippen molar-refractivity contribution in [3.05, 3.63) is 60.2 Å². The van der Waals surface area contributed by atoms with E-state index >= 15 is 0 Å². The van der Waals surface area contributed by atoms with E-state index in [4.69, 9.17) is 14.8 Å². The highest BCUT2D eigenvalue weighted by molar-refractivity contribution is 7.86. The van der Waals surface area contributed by atoms with Crippen LogP contribution in [-0.2, 0) is 26.7 Å². The van der Waals surface area contributed by atoms with Crippen molar-refractivity contribution in [2.45, 2.75) is 16.2 Å². The van der Waals surface area contributed by atoms with Gasteiger partial charge in [-0.1, -0.05) is 24.3 Å². The van der Waals surface area contributed by atoms with Gasteiger partial charge >= 0.3 is 0 Å². The lowest BCUT2D eigenvalue weighted by atomic mass is 10.1. The number of fused-ring (bicyclic) bond motifs is 2. The van der Waals surface area contributed by atoms with Crippen molar-refractivity contribution < 1.29 is 25.9 Å². The first kappa shape index (κ1) is 20.1. The zero-order valence-electron chi connectivity index (χ0n) is 14.5. The molecule has 0 fully saturated rings. The maximum absolute atomic E-state index is 11.2. The molecule has 0 saturated carbocycles. The topological polar surface area (TPSA) is 147 Å². The average molecular weight is 422 g/mol. The largest absolute Gasteiger partial charge is 0.399 e. The first-order chi connectivity index (χ1) is 13.1. The van der Waals surface area contributed by atoms with Gasteiger partial charge in [-0.15, -0.1) is 0 Å². The minimum absolute atomic E-state index is 0.0233. The lowest BCUT2D eigenvalue weighted by Gasteiger charge is -2.06. The van der Waals surface area contributed by atoms with Crippen LogP contribution in [0, 0.1) is 0 Å². The standard InChI is InChI=1S/C10H8O6S2.C8H10N2/c11-17(12,13)9-5-1-3-7-8(9)4-2-6-10(7)18(14,15)16;9-7-1-2-8-6(5-7)3-4-10-8/h1-6H,(H,11,12,13)(H,14,15,16);1-2,5,10H,3-4,9H2. The van der Waals surface area contributed by atoms with Crippen LogP contribution >= 0.6 is 0 Å². The van der Waals surface area contributed by atoms with Gasteiger partial charge < -0.3 is 11.1 Å². The zero-order valence-corrected chi connectivity index (χ0v) is 16.2. The van der Waals surface area contributed by atoms with Gasteiger partial charge in [0.1, 0.15) is 9.79 Å². The minimum atomic E-state index is -4.47. The van der Waals surface area contributed by atoms with Gasteiger partial charge in [-0.2, -0.15) is 16.8 Å². The van der Waals surface area contributed by atoms with Crippen LogP contribution in [0.1, 0.15) is 5.56 Å². The Labute approximate surface area is 162 Å². The Morgan fingerprint density at radius 3 is 1.86 bits per heavy atom. The van der Waals surface area contributed by atoms with Gasteiger partial charge in [0.15, 0.2) is 0 Å². The van der Waals surface area contributed by atoms with E-state index in [1.807, 2.05) is 18.2 Å². The summed E-state index contributed by atoms with van der Waals surface area (Å²) < 4.78 is 62.7. The molecule has 0 radical (unpaired) electrons. The van der Waals surface area contributed by atoms with Gasteiger partial charge in [-0.25, -0.2) is 0 Å². The number of anilines is 2. The molecule has 0 spiro atoms. The smallest absolute Gasteiger partial charge is 0.295 e. The molecule has 148 valence electrons. The highest BCUT2D eigenvalue weighted by Crippen LogP contribution is 2.28. The molecule has 8 nitrogen and oxygen atoms in total. The molecule has 0 unspecified atom stereocenters. The Kier molecular flexibility index (Phi) is 5.31. The fourth-order valence-electron chi connectivity index (χ4n) is 3.03. The second kappa shape index (κ2) is 7.40. The molecule has 1 aliphatic rings. The third kappa shape index (κ3) is 4.25. The summed E-state index contributed by atoms with van der Waals surface area (Å²) in [6.07, 6.45) is 1.11. The molecule has 1 aliphatic heterocycles. The molecule has 0 amide bonds. The Morgan fingerprint density at radius 2 is 1.36 bits per heavy atom. The molecular weight excluding hydrogens is 404 g/mol. The summed E-state index contributed by atoms with van der Waals surface area (Å²) in [6.45, 7) is 1.05. The van der Waals surface area contributed by atoms with Crippen LogP contribution < -0.4 is 11.1 Å². The van der Waals surface area contributed by atoms with Crippen molar-refractivity contribution in [1.29, 1.82) is 0 Å². The summed E-state index contributed by atoms with van der Waals surface area (Å²) in [5, 5.41) is 3.32. The predicted molar refractivity (Wildman–Crippen MR) is 107 cm³/mol. The van der Waals surface area contributed by atoms with E-state index in [0.717, 1.165) is 30.8 Å². The SMILES string of the molecule is Nc1ccc2c(c1)CCN2.O=S(=O)(O)c1cccc2c(S(=O)(=O)O)cccc12. The molecular formula is C18H18N2O6S2. The van der Waals surface area contributed by atoms with Crippen LogP contribution in [0.3, 0.4) is 0 Å². The molecule has 28 heavy (non-hydrogen) atoms. The quantitative estimate of drug-likeness (QED) is 0.364. The second-order valence-electron chi connectivity index (χ2n) is 6.15. The Balaban J connectivity index is 0.000000188. The van der Waals surface area contributed by atoms with Gasteiger partial charge in [0.25, 0.3) is 20.2 Å². The predicted octanol–water partition coefficient (Wildman–Crippen LogP) is 2.57. The van der Waals surface area contributed by atoms with Gasteiger partial charge in [-0.05, 0) is 42.3 Å². The lowest BCUT2D eigenvalue weighted by molar-refractivity contribution is 0.481. The number of hydrogen-bond donors (Lipinski definition) is 4. The Bertz CT molecular complexity index is 1180. The maximum atomic E-state index is 11.2. The summed E-state index contributed by atoms with van der Waals surface area (Å²) in [6, 6.07) is 13.5. The first-order valence-electron chi connectivity index (χ1n) is 8.16. The lowest BCUT2D eigenvalue weighted by Crippen LogP contribution is -2.02. The van der Waals surface area contributed by atoms with Gasteiger partial charge in [0.05, 0.1) is 0 Å². The van der Waals surface area contributed by atoms with Gasteiger partial charge in [-0.3, -0.25) is 9.11 Å². The molecule has 5 N–H and O–H groups in total.